The van der Waals surface area contributed by atoms with Gasteiger partial charge in [-0.05, 0) is 48.3 Å². The molecule has 1 aliphatic carbocycles. The Morgan fingerprint density at radius 2 is 1.75 bits per heavy atom. The van der Waals surface area contributed by atoms with Crippen molar-refractivity contribution < 1.29 is 8.78 Å². The summed E-state index contributed by atoms with van der Waals surface area (Å²) in [6.45, 7) is 4.33. The first kappa shape index (κ1) is 15.7. The van der Waals surface area contributed by atoms with Crippen molar-refractivity contribution in [2.75, 3.05) is 0 Å². The van der Waals surface area contributed by atoms with Gasteiger partial charge in [-0.2, -0.15) is 0 Å². The lowest BCUT2D eigenvalue weighted by molar-refractivity contribution is 0.183. The van der Waals surface area contributed by atoms with Gasteiger partial charge in [-0.25, -0.2) is 8.78 Å². The van der Waals surface area contributed by atoms with Gasteiger partial charge in [-0.15, -0.1) is 0 Å². The molecule has 0 radical (unpaired) electrons. The third-order valence-corrected chi connectivity index (χ3v) is 4.78. The minimum absolute atomic E-state index is 0.0396. The summed E-state index contributed by atoms with van der Waals surface area (Å²) in [4.78, 5) is 0. The fourth-order valence-corrected chi connectivity index (χ4v) is 3.91. The van der Waals surface area contributed by atoms with Crippen LogP contribution in [0.5, 0.6) is 0 Å². The number of halogens is 3. The second-order valence-corrected chi connectivity index (χ2v) is 6.84. The molecule has 0 amide bonds. The van der Waals surface area contributed by atoms with E-state index in [0.29, 0.717) is 11.5 Å². The second kappa shape index (κ2) is 5.98. The maximum absolute atomic E-state index is 13.5. The van der Waals surface area contributed by atoms with E-state index in [9.17, 15) is 8.78 Å². The van der Waals surface area contributed by atoms with Gasteiger partial charge in [-0.3, -0.25) is 0 Å². The van der Waals surface area contributed by atoms with Gasteiger partial charge in [0.25, 0.3) is 0 Å². The highest BCUT2D eigenvalue weighted by molar-refractivity contribution is 6.31. The summed E-state index contributed by atoms with van der Waals surface area (Å²) in [5.41, 5.74) is 6.93. The number of hydrogen-bond donors (Lipinski definition) is 1. The monoisotopic (exact) mass is 301 g/mol. The van der Waals surface area contributed by atoms with E-state index in [1.54, 1.807) is 0 Å². The molecule has 0 aromatic heterocycles. The van der Waals surface area contributed by atoms with Crippen LogP contribution in [0.15, 0.2) is 12.1 Å². The summed E-state index contributed by atoms with van der Waals surface area (Å²) in [5.74, 6) is -1.28. The van der Waals surface area contributed by atoms with Gasteiger partial charge in [0.1, 0.15) is 0 Å². The molecule has 0 heterocycles. The van der Waals surface area contributed by atoms with Crippen LogP contribution in [0.2, 0.25) is 5.02 Å². The van der Waals surface area contributed by atoms with E-state index in [1.807, 2.05) is 0 Å². The average molecular weight is 302 g/mol. The van der Waals surface area contributed by atoms with E-state index < -0.39 is 11.6 Å². The summed E-state index contributed by atoms with van der Waals surface area (Å²) in [5, 5.41) is 0.228. The molecule has 1 atom stereocenters. The Morgan fingerprint density at radius 1 is 1.20 bits per heavy atom. The van der Waals surface area contributed by atoms with E-state index in [1.165, 1.54) is 6.07 Å². The molecule has 1 fully saturated rings. The van der Waals surface area contributed by atoms with Crippen molar-refractivity contribution >= 4 is 11.6 Å². The fraction of sp³-hybridized carbons (Fsp3) is 0.625. The number of hydrogen-bond acceptors (Lipinski definition) is 1. The zero-order valence-corrected chi connectivity index (χ0v) is 12.8. The lowest BCUT2D eigenvalue weighted by atomic mass is 9.71. The smallest absolute Gasteiger partial charge is 0.160 e. The minimum Gasteiger partial charge on any atom is -0.323 e. The first-order valence-corrected chi connectivity index (χ1v) is 7.63. The maximum atomic E-state index is 13.5. The van der Waals surface area contributed by atoms with Crippen LogP contribution in [-0.4, -0.2) is 0 Å². The molecule has 2 N–H and O–H groups in total. The van der Waals surface area contributed by atoms with E-state index in [4.69, 9.17) is 17.3 Å². The Morgan fingerprint density at radius 3 is 2.30 bits per heavy atom. The molecule has 1 aliphatic rings. The van der Waals surface area contributed by atoms with Crippen molar-refractivity contribution in [3.8, 4) is 0 Å². The van der Waals surface area contributed by atoms with Gasteiger partial charge >= 0.3 is 0 Å². The summed E-state index contributed by atoms with van der Waals surface area (Å²) in [7, 11) is 0. The van der Waals surface area contributed by atoms with Gasteiger partial charge in [-0.1, -0.05) is 38.3 Å². The van der Waals surface area contributed by atoms with Crippen molar-refractivity contribution in [3.05, 3.63) is 34.4 Å². The third kappa shape index (κ3) is 2.99. The predicted molar refractivity (Wildman–Crippen MR) is 78.7 cm³/mol. The van der Waals surface area contributed by atoms with E-state index >= 15 is 0 Å². The van der Waals surface area contributed by atoms with Crippen molar-refractivity contribution in [1.29, 1.82) is 0 Å². The number of benzene rings is 1. The number of nitrogens with two attached hydrogens (primary N) is 1. The van der Waals surface area contributed by atoms with Crippen molar-refractivity contribution in [2.24, 2.45) is 17.1 Å². The molecule has 0 bridgehead atoms. The molecule has 1 aromatic rings. The molecular formula is C16H22ClF2N. The Hall–Kier alpha value is -0.670. The predicted octanol–water partition coefficient (Wildman–Crippen LogP) is 5.22. The van der Waals surface area contributed by atoms with Gasteiger partial charge in [0, 0.05) is 11.1 Å². The minimum atomic E-state index is -0.921. The molecule has 1 saturated carbocycles. The second-order valence-electron chi connectivity index (χ2n) is 6.43. The first-order chi connectivity index (χ1) is 9.35. The SMILES string of the molecule is CC(C)CC1(C(N)c2cc(F)c(F)cc2Cl)CCCC1. The van der Waals surface area contributed by atoms with Crippen LogP contribution in [0.3, 0.4) is 0 Å². The van der Waals surface area contributed by atoms with Crippen molar-refractivity contribution in [1.82, 2.24) is 0 Å². The highest BCUT2D eigenvalue weighted by Gasteiger charge is 2.41. The molecule has 112 valence electrons. The quantitative estimate of drug-likeness (QED) is 0.758. The van der Waals surface area contributed by atoms with Crippen molar-refractivity contribution in [3.63, 3.8) is 0 Å². The van der Waals surface area contributed by atoms with E-state index in [2.05, 4.69) is 13.8 Å². The third-order valence-electron chi connectivity index (χ3n) is 4.45. The molecule has 0 aliphatic heterocycles. The Labute approximate surface area is 124 Å². The zero-order chi connectivity index (χ0) is 14.9. The lowest BCUT2D eigenvalue weighted by Gasteiger charge is -2.37. The molecule has 20 heavy (non-hydrogen) atoms. The average Bonchev–Trinajstić information content (AvgIpc) is 2.81. The van der Waals surface area contributed by atoms with Crippen LogP contribution in [0.4, 0.5) is 8.78 Å². The highest BCUT2D eigenvalue weighted by Crippen LogP contribution is 2.51. The molecule has 0 saturated heterocycles. The van der Waals surface area contributed by atoms with Crippen LogP contribution >= 0.6 is 11.6 Å². The Bertz CT molecular complexity index is 482. The number of rotatable bonds is 4. The molecular weight excluding hydrogens is 280 g/mol. The standard InChI is InChI=1S/C16H22ClF2N/c1-10(2)9-16(5-3-4-6-16)15(20)11-7-13(18)14(19)8-12(11)17/h7-8,10,15H,3-6,9,20H2,1-2H3. The van der Waals surface area contributed by atoms with Gasteiger partial charge in [0.05, 0.1) is 0 Å². The normalized spacial score (nSPS) is 19.6. The molecule has 1 nitrogen and oxygen atoms in total. The van der Waals surface area contributed by atoms with Gasteiger partial charge in [0.15, 0.2) is 11.6 Å². The van der Waals surface area contributed by atoms with Crippen LogP contribution in [0.1, 0.15) is 57.6 Å². The largest absolute Gasteiger partial charge is 0.323 e. The van der Waals surface area contributed by atoms with Crippen molar-refractivity contribution in [2.45, 2.75) is 52.0 Å². The summed E-state index contributed by atoms with van der Waals surface area (Å²) >= 11 is 6.09. The van der Waals surface area contributed by atoms with E-state index in [0.717, 1.165) is 38.2 Å². The summed E-state index contributed by atoms with van der Waals surface area (Å²) < 4.78 is 26.7. The Balaban J connectivity index is 2.37. The first-order valence-electron chi connectivity index (χ1n) is 7.26. The molecule has 4 heteroatoms. The molecule has 1 aromatic carbocycles. The van der Waals surface area contributed by atoms with Crippen LogP contribution in [0.25, 0.3) is 0 Å². The highest BCUT2D eigenvalue weighted by atomic mass is 35.5. The lowest BCUT2D eigenvalue weighted by Crippen LogP contribution is -2.34. The zero-order valence-electron chi connectivity index (χ0n) is 12.1. The van der Waals surface area contributed by atoms with Crippen LogP contribution in [-0.2, 0) is 0 Å². The molecule has 2 rings (SSSR count). The summed E-state index contributed by atoms with van der Waals surface area (Å²) in [6.07, 6.45) is 5.33. The fourth-order valence-electron chi connectivity index (χ4n) is 3.64. The topological polar surface area (TPSA) is 26.0 Å². The van der Waals surface area contributed by atoms with Gasteiger partial charge < -0.3 is 5.73 Å². The van der Waals surface area contributed by atoms with Crippen LogP contribution in [0, 0.1) is 23.0 Å². The molecule has 0 spiro atoms. The molecule has 1 unspecified atom stereocenters. The Kier molecular flexibility index (Phi) is 4.70. The van der Waals surface area contributed by atoms with E-state index in [-0.39, 0.29) is 16.5 Å². The van der Waals surface area contributed by atoms with Gasteiger partial charge in [0.2, 0.25) is 0 Å². The van der Waals surface area contributed by atoms with Crippen LogP contribution < -0.4 is 5.73 Å². The summed E-state index contributed by atoms with van der Waals surface area (Å²) in [6, 6.07) is 1.86. The maximum Gasteiger partial charge on any atom is 0.160 e.